The maximum absolute atomic E-state index is 12.0. The molecule has 0 saturated carbocycles. The van der Waals surface area contributed by atoms with Crippen LogP contribution in [0, 0.1) is 5.92 Å². The van der Waals surface area contributed by atoms with Gasteiger partial charge in [0.25, 0.3) is 5.24 Å². The number of benzene rings is 1. The highest BCUT2D eigenvalue weighted by Crippen LogP contribution is 2.21. The van der Waals surface area contributed by atoms with Crippen molar-refractivity contribution in [3.8, 4) is 5.75 Å². The third-order valence-electron chi connectivity index (χ3n) is 3.66. The Morgan fingerprint density at radius 3 is 2.55 bits per heavy atom. The molecule has 4 nitrogen and oxygen atoms in total. The van der Waals surface area contributed by atoms with E-state index in [0.29, 0.717) is 30.8 Å². The first-order chi connectivity index (χ1) is 10.5. The number of hydrogen-bond donors (Lipinski definition) is 0. The second kappa shape index (κ2) is 7.63. The van der Waals surface area contributed by atoms with E-state index in [4.69, 9.17) is 16.3 Å². The fraction of sp³-hybridized carbons (Fsp3) is 0.471. The van der Waals surface area contributed by atoms with E-state index >= 15 is 0 Å². The molecule has 0 N–H and O–H groups in total. The Balaban J connectivity index is 1.86. The van der Waals surface area contributed by atoms with Crippen molar-refractivity contribution in [1.82, 2.24) is 4.90 Å². The number of halogens is 1. The Labute approximate surface area is 136 Å². The minimum atomic E-state index is -0.489. The molecule has 0 aliphatic carbocycles. The predicted molar refractivity (Wildman–Crippen MR) is 86.1 cm³/mol. The molecule has 119 valence electrons. The smallest absolute Gasteiger partial charge is 0.252 e. The Hall–Kier alpha value is -1.55. The fourth-order valence-electron chi connectivity index (χ4n) is 2.52. The molecule has 1 saturated heterocycles. The monoisotopic (exact) mass is 322 g/mol. The van der Waals surface area contributed by atoms with Crippen LogP contribution in [0.1, 0.15) is 43.5 Å². The summed E-state index contributed by atoms with van der Waals surface area (Å²) in [6, 6.07) is 6.88. The quantitative estimate of drug-likeness (QED) is 0.780. The van der Waals surface area contributed by atoms with Gasteiger partial charge in [-0.3, -0.25) is 9.59 Å². The molecule has 22 heavy (non-hydrogen) atoms. The molecule has 5 heteroatoms. The topological polar surface area (TPSA) is 46.6 Å². The third-order valence-corrected chi connectivity index (χ3v) is 3.88. The minimum Gasteiger partial charge on any atom is -0.490 e. The maximum atomic E-state index is 12.0. The van der Waals surface area contributed by atoms with E-state index in [1.165, 1.54) is 0 Å². The van der Waals surface area contributed by atoms with Crippen LogP contribution in [0.25, 0.3) is 0 Å². The largest absolute Gasteiger partial charge is 0.490 e. The summed E-state index contributed by atoms with van der Waals surface area (Å²) in [5.74, 6) is 1.97. The molecule has 1 radical (unpaired) electrons. The van der Waals surface area contributed by atoms with Gasteiger partial charge in [0.1, 0.15) is 11.9 Å². The van der Waals surface area contributed by atoms with E-state index in [1.807, 2.05) is 24.8 Å². The number of nitrogens with zero attached hydrogens (tertiary/aromatic N) is 1. The van der Waals surface area contributed by atoms with Crippen LogP contribution in [-0.4, -0.2) is 35.2 Å². The van der Waals surface area contributed by atoms with E-state index in [2.05, 4.69) is 0 Å². The van der Waals surface area contributed by atoms with E-state index in [-0.39, 0.29) is 12.0 Å². The highest BCUT2D eigenvalue weighted by Gasteiger charge is 2.24. The lowest BCUT2D eigenvalue weighted by atomic mass is 10.0. The first-order valence-electron chi connectivity index (χ1n) is 7.49. The van der Waals surface area contributed by atoms with Crippen molar-refractivity contribution in [2.24, 2.45) is 0 Å². The van der Waals surface area contributed by atoms with Gasteiger partial charge in [-0.1, -0.05) is 19.9 Å². The number of amides is 1. The molecule has 1 aliphatic heterocycles. The van der Waals surface area contributed by atoms with Gasteiger partial charge >= 0.3 is 0 Å². The normalized spacial score (nSPS) is 15.9. The van der Waals surface area contributed by atoms with Crippen LogP contribution in [-0.2, 0) is 4.79 Å². The molecule has 0 bridgehead atoms. The number of carbonyl (C=O) groups excluding carboxylic acids is 2. The van der Waals surface area contributed by atoms with Gasteiger partial charge in [0, 0.05) is 37.9 Å². The maximum Gasteiger partial charge on any atom is 0.252 e. The van der Waals surface area contributed by atoms with Crippen molar-refractivity contribution in [2.75, 3.05) is 13.1 Å². The lowest BCUT2D eigenvalue weighted by molar-refractivity contribution is -0.132. The average Bonchev–Trinajstić information content (AvgIpc) is 2.47. The molecule has 1 fully saturated rings. The van der Waals surface area contributed by atoms with Crippen LogP contribution < -0.4 is 4.74 Å². The summed E-state index contributed by atoms with van der Waals surface area (Å²) < 4.78 is 5.90. The van der Waals surface area contributed by atoms with Crippen LogP contribution in [0.15, 0.2) is 24.3 Å². The molecule has 1 heterocycles. The van der Waals surface area contributed by atoms with Gasteiger partial charge in [-0.05, 0) is 35.7 Å². The molecule has 1 aromatic rings. The van der Waals surface area contributed by atoms with Crippen molar-refractivity contribution in [3.05, 3.63) is 35.7 Å². The Morgan fingerprint density at radius 2 is 1.95 bits per heavy atom. The summed E-state index contributed by atoms with van der Waals surface area (Å²) in [5.41, 5.74) is 0.431. The van der Waals surface area contributed by atoms with Crippen LogP contribution in [0.2, 0.25) is 0 Å². The number of likely N-dealkylation sites (tertiary alicyclic amines) is 1. The van der Waals surface area contributed by atoms with Crippen LogP contribution in [0.3, 0.4) is 0 Å². The first kappa shape index (κ1) is 16.8. The van der Waals surface area contributed by atoms with Gasteiger partial charge < -0.3 is 9.64 Å². The van der Waals surface area contributed by atoms with Gasteiger partial charge in [-0.2, -0.15) is 0 Å². The van der Waals surface area contributed by atoms with Gasteiger partial charge in [0.15, 0.2) is 0 Å². The third kappa shape index (κ3) is 4.73. The number of piperidine rings is 1. The number of carbonyl (C=O) groups is 2. The summed E-state index contributed by atoms with van der Waals surface area (Å²) >= 11 is 5.47. The summed E-state index contributed by atoms with van der Waals surface area (Å²) in [6.07, 6.45) is 2.18. The van der Waals surface area contributed by atoms with Crippen molar-refractivity contribution in [2.45, 2.75) is 39.2 Å². The van der Waals surface area contributed by atoms with Crippen molar-refractivity contribution >= 4 is 22.8 Å². The molecule has 0 unspecified atom stereocenters. The molecule has 1 amide bonds. The summed E-state index contributed by atoms with van der Waals surface area (Å²) in [7, 11) is 0. The predicted octanol–water partition coefficient (Wildman–Crippen LogP) is 3.44. The highest BCUT2D eigenvalue weighted by atomic mass is 35.5. The standard InChI is InChI=1S/C17H21ClNO3/c1-12(2)10-16(20)19-8-6-14(7-9-19)22-15-5-3-4-13(11-15)17(18)21/h3-5,11,14H,6-10H2,1-2H3. The molecule has 0 atom stereocenters. The molecular formula is C17H21ClNO3. The van der Waals surface area contributed by atoms with Crippen molar-refractivity contribution in [1.29, 1.82) is 0 Å². The van der Waals surface area contributed by atoms with Crippen molar-refractivity contribution < 1.29 is 14.3 Å². The second-order valence-electron chi connectivity index (χ2n) is 5.88. The molecule has 2 rings (SSSR count). The average molecular weight is 323 g/mol. The fourth-order valence-corrected chi connectivity index (χ4v) is 2.64. The van der Waals surface area contributed by atoms with E-state index in [9.17, 15) is 9.59 Å². The number of rotatable bonds is 5. The Kier molecular flexibility index (Phi) is 5.83. The number of hydrogen-bond acceptors (Lipinski definition) is 3. The summed E-state index contributed by atoms with van der Waals surface area (Å²) in [6.45, 7) is 5.37. The molecule has 0 spiro atoms. The van der Waals surface area contributed by atoms with Gasteiger partial charge in [0.05, 0.1) is 0 Å². The van der Waals surface area contributed by atoms with E-state index < -0.39 is 5.24 Å². The minimum absolute atomic E-state index is 0.0661. The van der Waals surface area contributed by atoms with Crippen LogP contribution in [0.5, 0.6) is 5.75 Å². The zero-order valence-corrected chi connectivity index (χ0v) is 13.7. The van der Waals surface area contributed by atoms with Crippen LogP contribution in [0.4, 0.5) is 0 Å². The van der Waals surface area contributed by atoms with E-state index in [0.717, 1.165) is 18.8 Å². The second-order valence-corrected chi connectivity index (χ2v) is 6.23. The lowest BCUT2D eigenvalue weighted by Gasteiger charge is -2.32. The van der Waals surface area contributed by atoms with Crippen LogP contribution >= 0.6 is 11.6 Å². The molecule has 1 aliphatic rings. The summed E-state index contributed by atoms with van der Waals surface area (Å²) in [5, 5.41) is -0.489. The zero-order valence-electron chi connectivity index (χ0n) is 13.0. The molecular weight excluding hydrogens is 302 g/mol. The number of ether oxygens (including phenoxy) is 1. The molecule has 0 aromatic heterocycles. The zero-order chi connectivity index (χ0) is 16.1. The Bertz CT molecular complexity index is 536. The van der Waals surface area contributed by atoms with Gasteiger partial charge in [-0.25, -0.2) is 0 Å². The SMILES string of the molecule is C[C](C)CC(=O)N1CCC(Oc2cccc(C(=O)Cl)c2)CC1. The molecule has 1 aromatic carbocycles. The van der Waals surface area contributed by atoms with Gasteiger partial charge in [0.2, 0.25) is 5.91 Å². The Morgan fingerprint density at radius 1 is 1.27 bits per heavy atom. The summed E-state index contributed by atoms with van der Waals surface area (Å²) in [4.78, 5) is 25.1. The van der Waals surface area contributed by atoms with Crippen molar-refractivity contribution in [3.63, 3.8) is 0 Å². The highest BCUT2D eigenvalue weighted by molar-refractivity contribution is 6.67. The van der Waals surface area contributed by atoms with E-state index in [1.54, 1.807) is 18.2 Å². The van der Waals surface area contributed by atoms with Gasteiger partial charge in [-0.15, -0.1) is 0 Å². The first-order valence-corrected chi connectivity index (χ1v) is 7.87. The lowest BCUT2D eigenvalue weighted by Crippen LogP contribution is -2.42.